The van der Waals surface area contributed by atoms with Crippen LogP contribution in [0.1, 0.15) is 18.4 Å². The summed E-state index contributed by atoms with van der Waals surface area (Å²) in [5.41, 5.74) is 0.775. The standard InChI is InChI=1S/C14H15ClO3S/c15-9-4-3-6-12-5-1-2-7-14(12)18-13-8-10-19(16,17)11-13/h1-2,5,7,13H,4,8-11H2. The first kappa shape index (κ1) is 14.2. The quantitative estimate of drug-likeness (QED) is 0.635. The summed E-state index contributed by atoms with van der Waals surface area (Å²) in [5.74, 6) is 7.39. The van der Waals surface area contributed by atoms with Crippen LogP contribution in [0.5, 0.6) is 5.75 Å². The number of hydrogen-bond acceptors (Lipinski definition) is 3. The molecule has 0 aromatic heterocycles. The molecule has 0 aliphatic carbocycles. The van der Waals surface area contributed by atoms with E-state index in [9.17, 15) is 8.42 Å². The maximum absolute atomic E-state index is 11.4. The number of ether oxygens (including phenoxy) is 1. The second kappa shape index (κ2) is 6.31. The van der Waals surface area contributed by atoms with Crippen LogP contribution >= 0.6 is 11.6 Å². The van der Waals surface area contributed by atoms with Crippen LogP contribution in [0.25, 0.3) is 0 Å². The highest BCUT2D eigenvalue weighted by Gasteiger charge is 2.29. The van der Waals surface area contributed by atoms with Gasteiger partial charge in [0.25, 0.3) is 0 Å². The topological polar surface area (TPSA) is 43.4 Å². The lowest BCUT2D eigenvalue weighted by Gasteiger charge is -2.13. The van der Waals surface area contributed by atoms with Crippen molar-refractivity contribution in [1.82, 2.24) is 0 Å². The van der Waals surface area contributed by atoms with Gasteiger partial charge in [0.2, 0.25) is 0 Å². The van der Waals surface area contributed by atoms with Crippen molar-refractivity contribution in [3.63, 3.8) is 0 Å². The van der Waals surface area contributed by atoms with E-state index in [2.05, 4.69) is 11.8 Å². The van der Waals surface area contributed by atoms with Gasteiger partial charge < -0.3 is 4.74 Å². The smallest absolute Gasteiger partial charge is 0.154 e. The molecule has 1 saturated heterocycles. The maximum Gasteiger partial charge on any atom is 0.154 e. The lowest BCUT2D eigenvalue weighted by atomic mass is 10.2. The summed E-state index contributed by atoms with van der Waals surface area (Å²) in [7, 11) is -2.93. The Labute approximate surface area is 118 Å². The average molecular weight is 299 g/mol. The van der Waals surface area contributed by atoms with Crippen LogP contribution < -0.4 is 4.74 Å². The Balaban J connectivity index is 2.11. The van der Waals surface area contributed by atoms with Crippen molar-refractivity contribution < 1.29 is 13.2 Å². The lowest BCUT2D eigenvalue weighted by molar-refractivity contribution is 0.228. The molecule has 1 atom stereocenters. The summed E-state index contributed by atoms with van der Waals surface area (Å²) >= 11 is 5.58. The first-order valence-corrected chi connectivity index (χ1v) is 8.47. The van der Waals surface area contributed by atoms with Crippen LogP contribution in [0, 0.1) is 11.8 Å². The molecule has 0 saturated carbocycles. The monoisotopic (exact) mass is 298 g/mol. The summed E-state index contributed by atoms with van der Waals surface area (Å²) in [5, 5.41) is 0. The molecule has 1 aliphatic rings. The zero-order chi connectivity index (χ0) is 13.7. The maximum atomic E-state index is 11.4. The summed E-state index contributed by atoms with van der Waals surface area (Å²) in [4.78, 5) is 0. The Bertz CT molecular complexity index is 599. The summed E-state index contributed by atoms with van der Waals surface area (Å²) in [6.07, 6.45) is 0.903. The molecule has 1 fully saturated rings. The zero-order valence-electron chi connectivity index (χ0n) is 10.4. The average Bonchev–Trinajstić information content (AvgIpc) is 2.71. The van der Waals surface area contributed by atoms with E-state index in [4.69, 9.17) is 16.3 Å². The van der Waals surface area contributed by atoms with Crippen molar-refractivity contribution >= 4 is 21.4 Å². The zero-order valence-corrected chi connectivity index (χ0v) is 12.0. The van der Waals surface area contributed by atoms with Gasteiger partial charge in [-0.2, -0.15) is 0 Å². The third-order valence-electron chi connectivity index (χ3n) is 2.81. The van der Waals surface area contributed by atoms with E-state index in [1.807, 2.05) is 24.3 Å². The minimum atomic E-state index is -2.93. The Hall–Kier alpha value is -1.18. The van der Waals surface area contributed by atoms with Crippen molar-refractivity contribution in [3.05, 3.63) is 29.8 Å². The molecule has 0 N–H and O–H groups in total. The van der Waals surface area contributed by atoms with Gasteiger partial charge in [-0.3, -0.25) is 0 Å². The highest BCUT2D eigenvalue weighted by atomic mass is 35.5. The third-order valence-corrected chi connectivity index (χ3v) is 4.74. The van der Waals surface area contributed by atoms with Crippen LogP contribution in [-0.2, 0) is 9.84 Å². The SMILES string of the molecule is O=S1(=O)CCC(Oc2ccccc2C#CCCCl)C1. The van der Waals surface area contributed by atoms with Crippen LogP contribution in [0.3, 0.4) is 0 Å². The fraction of sp³-hybridized carbons (Fsp3) is 0.429. The van der Waals surface area contributed by atoms with Crippen molar-refractivity contribution in [3.8, 4) is 17.6 Å². The number of alkyl halides is 1. The minimum absolute atomic E-state index is 0.0937. The molecule has 2 rings (SSSR count). The van der Waals surface area contributed by atoms with Gasteiger partial charge in [0.15, 0.2) is 9.84 Å². The van der Waals surface area contributed by atoms with Crippen molar-refractivity contribution in [2.45, 2.75) is 18.9 Å². The molecule has 19 heavy (non-hydrogen) atoms. The first-order chi connectivity index (χ1) is 9.11. The first-order valence-electron chi connectivity index (χ1n) is 6.12. The lowest BCUT2D eigenvalue weighted by Crippen LogP contribution is -2.18. The second-order valence-electron chi connectivity index (χ2n) is 4.38. The number of para-hydroxylation sites is 1. The van der Waals surface area contributed by atoms with Gasteiger partial charge in [-0.15, -0.1) is 11.6 Å². The highest BCUT2D eigenvalue weighted by Crippen LogP contribution is 2.23. The number of rotatable bonds is 3. The van der Waals surface area contributed by atoms with Crippen LogP contribution in [0.4, 0.5) is 0 Å². The molecule has 102 valence electrons. The molecular weight excluding hydrogens is 284 g/mol. The second-order valence-corrected chi connectivity index (χ2v) is 6.99. The number of benzene rings is 1. The third kappa shape index (κ3) is 4.15. The van der Waals surface area contributed by atoms with Gasteiger partial charge in [0.1, 0.15) is 11.9 Å². The summed E-state index contributed by atoms with van der Waals surface area (Å²) < 4.78 is 28.6. The molecule has 1 aromatic carbocycles. The molecule has 1 unspecified atom stereocenters. The van der Waals surface area contributed by atoms with Crippen LogP contribution in [-0.4, -0.2) is 31.9 Å². The fourth-order valence-electron chi connectivity index (χ4n) is 1.91. The van der Waals surface area contributed by atoms with Crippen molar-refractivity contribution in [2.75, 3.05) is 17.4 Å². The normalized spacial score (nSPS) is 20.6. The summed E-state index contributed by atoms with van der Waals surface area (Å²) in [6, 6.07) is 7.41. The fourth-order valence-corrected chi connectivity index (χ4v) is 3.60. The Morgan fingerprint density at radius 1 is 1.37 bits per heavy atom. The van der Waals surface area contributed by atoms with Crippen LogP contribution in [0.15, 0.2) is 24.3 Å². The van der Waals surface area contributed by atoms with E-state index in [1.54, 1.807) is 0 Å². The van der Waals surface area contributed by atoms with Gasteiger partial charge >= 0.3 is 0 Å². The van der Waals surface area contributed by atoms with Crippen molar-refractivity contribution in [1.29, 1.82) is 0 Å². The van der Waals surface area contributed by atoms with Crippen molar-refractivity contribution in [2.24, 2.45) is 0 Å². The Kier molecular flexibility index (Phi) is 4.73. The van der Waals surface area contributed by atoms with E-state index in [-0.39, 0.29) is 17.6 Å². The highest BCUT2D eigenvalue weighted by molar-refractivity contribution is 7.91. The van der Waals surface area contributed by atoms with Gasteiger partial charge in [-0.25, -0.2) is 8.42 Å². The summed E-state index contributed by atoms with van der Waals surface area (Å²) in [6.45, 7) is 0. The largest absolute Gasteiger partial charge is 0.488 e. The van der Waals surface area contributed by atoms with E-state index in [0.717, 1.165) is 5.56 Å². The Morgan fingerprint density at radius 3 is 2.84 bits per heavy atom. The van der Waals surface area contributed by atoms with E-state index in [1.165, 1.54) is 0 Å². The predicted octanol–water partition coefficient (Wildman–Crippen LogP) is 2.23. The molecule has 5 heteroatoms. The molecule has 1 aromatic rings. The molecule has 0 bridgehead atoms. The van der Waals surface area contributed by atoms with E-state index >= 15 is 0 Å². The molecule has 0 spiro atoms. The molecule has 1 heterocycles. The molecular formula is C14H15ClO3S. The number of halogens is 1. The molecule has 0 amide bonds. The van der Waals surface area contributed by atoms with E-state index < -0.39 is 9.84 Å². The van der Waals surface area contributed by atoms with Gasteiger partial charge in [-0.1, -0.05) is 24.0 Å². The van der Waals surface area contributed by atoms with Gasteiger partial charge in [-0.05, 0) is 18.6 Å². The molecule has 0 radical (unpaired) electrons. The van der Waals surface area contributed by atoms with Gasteiger partial charge in [0, 0.05) is 12.3 Å². The predicted molar refractivity (Wildman–Crippen MR) is 76.3 cm³/mol. The molecule has 1 aliphatic heterocycles. The Morgan fingerprint density at radius 2 is 2.16 bits per heavy atom. The van der Waals surface area contributed by atoms with Crippen LogP contribution in [0.2, 0.25) is 0 Å². The number of sulfone groups is 1. The number of hydrogen-bond donors (Lipinski definition) is 0. The minimum Gasteiger partial charge on any atom is -0.488 e. The molecule has 3 nitrogen and oxygen atoms in total. The van der Waals surface area contributed by atoms with Gasteiger partial charge in [0.05, 0.1) is 17.1 Å². The van der Waals surface area contributed by atoms with E-state index in [0.29, 0.717) is 24.5 Å².